The van der Waals surface area contributed by atoms with Crippen LogP contribution in [0.1, 0.15) is 0 Å². The van der Waals surface area contributed by atoms with Crippen molar-refractivity contribution in [3.63, 3.8) is 0 Å². The first-order chi connectivity index (χ1) is 11.1. The number of nitrogens with zero attached hydrogens (tertiary/aromatic N) is 3. The quantitative estimate of drug-likeness (QED) is 0.842. The molecule has 0 spiro atoms. The summed E-state index contributed by atoms with van der Waals surface area (Å²) in [6.07, 6.45) is 1.47. The average Bonchev–Trinajstić information content (AvgIpc) is 3.12. The number of nitrogens with one attached hydrogen (secondary N) is 1. The van der Waals surface area contributed by atoms with Gasteiger partial charge in [0.15, 0.2) is 0 Å². The lowest BCUT2D eigenvalue weighted by Crippen LogP contribution is -2.36. The number of fused-ring (bicyclic) bond motifs is 2. The lowest BCUT2D eigenvalue weighted by molar-refractivity contribution is -0.131. The zero-order chi connectivity index (χ0) is 16.0. The molecular weight excluding hydrogens is 360 g/mol. The minimum Gasteiger partial charge on any atom is -0.340 e. The summed E-state index contributed by atoms with van der Waals surface area (Å²) in [4.78, 5) is 31.2. The van der Waals surface area contributed by atoms with Crippen LogP contribution in [0.3, 0.4) is 0 Å². The molecule has 1 amide bonds. The molecule has 7 heteroatoms. The lowest BCUT2D eigenvalue weighted by Gasteiger charge is -2.18. The van der Waals surface area contributed by atoms with Crippen molar-refractivity contribution in [2.24, 2.45) is 11.8 Å². The summed E-state index contributed by atoms with van der Waals surface area (Å²) in [5.74, 6) is 1.11. The highest BCUT2D eigenvalue weighted by molar-refractivity contribution is 9.10. The number of carbonyl (C=O) groups is 1. The van der Waals surface area contributed by atoms with E-state index in [-0.39, 0.29) is 18.0 Å². The van der Waals surface area contributed by atoms with Gasteiger partial charge in [-0.05, 0) is 30.0 Å². The Morgan fingerprint density at radius 2 is 2.04 bits per heavy atom. The van der Waals surface area contributed by atoms with E-state index in [1.807, 2.05) is 11.0 Å². The molecule has 3 heterocycles. The lowest BCUT2D eigenvalue weighted by atomic mass is 10.0. The normalized spacial score (nSPS) is 23.4. The van der Waals surface area contributed by atoms with Crippen LogP contribution >= 0.6 is 15.9 Å². The van der Waals surface area contributed by atoms with Crippen LogP contribution in [0.25, 0.3) is 10.9 Å². The zero-order valence-electron chi connectivity index (χ0n) is 12.5. The monoisotopic (exact) mass is 376 g/mol. The number of halogens is 1. The first-order valence-corrected chi connectivity index (χ1v) is 8.54. The van der Waals surface area contributed by atoms with Crippen molar-refractivity contribution in [2.45, 2.75) is 6.54 Å². The molecule has 1 aromatic heterocycles. The van der Waals surface area contributed by atoms with Gasteiger partial charge >= 0.3 is 0 Å². The molecule has 2 saturated heterocycles. The van der Waals surface area contributed by atoms with Crippen LogP contribution < -0.4 is 10.9 Å². The van der Waals surface area contributed by atoms with Gasteiger partial charge in [-0.2, -0.15) is 0 Å². The van der Waals surface area contributed by atoms with Crippen molar-refractivity contribution >= 4 is 32.7 Å². The van der Waals surface area contributed by atoms with E-state index in [1.54, 1.807) is 12.1 Å². The highest BCUT2D eigenvalue weighted by Gasteiger charge is 2.37. The number of benzene rings is 1. The van der Waals surface area contributed by atoms with Gasteiger partial charge in [0.25, 0.3) is 5.56 Å². The summed E-state index contributed by atoms with van der Waals surface area (Å²) in [5.41, 5.74) is 0.467. The SMILES string of the molecule is O=C(Cn1cnc2ccc(Br)cc2c1=O)N1C[C@H]2CNC[C@H]2C1. The number of aromatic nitrogens is 2. The molecule has 4 rings (SSSR count). The van der Waals surface area contributed by atoms with Crippen molar-refractivity contribution in [3.8, 4) is 0 Å². The van der Waals surface area contributed by atoms with Gasteiger partial charge in [0.2, 0.25) is 5.91 Å². The van der Waals surface area contributed by atoms with Crippen LogP contribution in [0.15, 0.2) is 33.8 Å². The van der Waals surface area contributed by atoms with E-state index in [9.17, 15) is 9.59 Å². The number of rotatable bonds is 2. The number of carbonyl (C=O) groups excluding carboxylic acids is 1. The molecule has 6 nitrogen and oxygen atoms in total. The zero-order valence-corrected chi connectivity index (χ0v) is 14.1. The van der Waals surface area contributed by atoms with Crippen LogP contribution in [-0.2, 0) is 11.3 Å². The number of amides is 1. The third kappa shape index (κ3) is 2.68. The summed E-state index contributed by atoms with van der Waals surface area (Å²) < 4.78 is 2.23. The average molecular weight is 377 g/mol. The van der Waals surface area contributed by atoms with E-state index < -0.39 is 0 Å². The number of hydrogen-bond acceptors (Lipinski definition) is 4. The smallest absolute Gasteiger partial charge is 0.261 e. The third-order valence-corrected chi connectivity index (χ3v) is 5.33. The molecule has 23 heavy (non-hydrogen) atoms. The first-order valence-electron chi connectivity index (χ1n) is 7.75. The van der Waals surface area contributed by atoms with Crippen molar-refractivity contribution in [1.29, 1.82) is 0 Å². The fraction of sp³-hybridized carbons (Fsp3) is 0.438. The van der Waals surface area contributed by atoms with Crippen LogP contribution in [0.4, 0.5) is 0 Å². The standard InChI is InChI=1S/C16H17BrN4O2/c17-12-1-2-14-13(3-12)16(23)21(9-19-14)8-15(22)20-6-10-4-18-5-11(10)7-20/h1-3,9-11,18H,4-8H2/t10-,11+. The predicted molar refractivity (Wildman–Crippen MR) is 90.1 cm³/mol. The molecule has 120 valence electrons. The van der Waals surface area contributed by atoms with Crippen LogP contribution in [-0.4, -0.2) is 46.5 Å². The highest BCUT2D eigenvalue weighted by atomic mass is 79.9. The maximum absolute atomic E-state index is 12.5. The van der Waals surface area contributed by atoms with E-state index >= 15 is 0 Å². The molecule has 1 N–H and O–H groups in total. The number of likely N-dealkylation sites (tertiary alicyclic amines) is 1. The van der Waals surface area contributed by atoms with Gasteiger partial charge in [-0.1, -0.05) is 15.9 Å². The maximum Gasteiger partial charge on any atom is 0.261 e. The molecule has 2 fully saturated rings. The van der Waals surface area contributed by atoms with E-state index in [1.165, 1.54) is 10.9 Å². The fourth-order valence-corrected chi connectivity index (χ4v) is 3.91. The molecule has 2 atom stereocenters. The fourth-order valence-electron chi connectivity index (χ4n) is 3.55. The Morgan fingerprint density at radius 3 is 2.78 bits per heavy atom. The van der Waals surface area contributed by atoms with E-state index in [0.717, 1.165) is 30.7 Å². The van der Waals surface area contributed by atoms with Gasteiger partial charge in [0.1, 0.15) is 6.54 Å². The summed E-state index contributed by atoms with van der Waals surface area (Å²) in [6.45, 7) is 3.61. The largest absolute Gasteiger partial charge is 0.340 e. The highest BCUT2D eigenvalue weighted by Crippen LogP contribution is 2.26. The molecular formula is C16H17BrN4O2. The summed E-state index contributed by atoms with van der Waals surface area (Å²) in [5, 5.41) is 3.89. The van der Waals surface area contributed by atoms with E-state index in [0.29, 0.717) is 22.7 Å². The minimum absolute atomic E-state index is 0.00218. The molecule has 2 aromatic rings. The van der Waals surface area contributed by atoms with Crippen molar-refractivity contribution in [2.75, 3.05) is 26.2 Å². The second-order valence-corrected chi connectivity index (χ2v) is 7.23. The molecule has 2 aliphatic rings. The van der Waals surface area contributed by atoms with Crippen molar-refractivity contribution < 1.29 is 4.79 Å². The van der Waals surface area contributed by atoms with Gasteiger partial charge < -0.3 is 10.2 Å². The Hall–Kier alpha value is -1.73. The van der Waals surface area contributed by atoms with Gasteiger partial charge in [0.05, 0.1) is 17.2 Å². The first kappa shape index (κ1) is 14.8. The van der Waals surface area contributed by atoms with Gasteiger partial charge in [-0.15, -0.1) is 0 Å². The van der Waals surface area contributed by atoms with Crippen molar-refractivity contribution in [3.05, 3.63) is 39.4 Å². The predicted octanol–water partition coefficient (Wildman–Crippen LogP) is 0.837. The van der Waals surface area contributed by atoms with E-state index in [2.05, 4.69) is 26.2 Å². The molecule has 2 aliphatic heterocycles. The van der Waals surface area contributed by atoms with Crippen molar-refractivity contribution in [1.82, 2.24) is 19.8 Å². The summed E-state index contributed by atoms with van der Waals surface area (Å²) >= 11 is 3.37. The molecule has 0 radical (unpaired) electrons. The molecule has 0 unspecified atom stereocenters. The molecule has 0 bridgehead atoms. The molecule has 1 aromatic carbocycles. The Bertz CT molecular complexity index is 822. The number of hydrogen-bond donors (Lipinski definition) is 1. The maximum atomic E-state index is 12.5. The summed E-state index contributed by atoms with van der Waals surface area (Å²) in [7, 11) is 0. The molecule has 0 saturated carbocycles. The third-order valence-electron chi connectivity index (χ3n) is 4.83. The second kappa shape index (κ2) is 5.72. The Balaban J connectivity index is 1.57. The van der Waals surface area contributed by atoms with Gasteiger partial charge in [-0.3, -0.25) is 14.2 Å². The van der Waals surface area contributed by atoms with Crippen LogP contribution in [0, 0.1) is 11.8 Å². The van der Waals surface area contributed by atoms with Gasteiger partial charge in [0, 0.05) is 30.7 Å². The second-order valence-electron chi connectivity index (χ2n) is 6.32. The Kier molecular flexibility index (Phi) is 3.69. The minimum atomic E-state index is -0.175. The Labute approximate surface area is 141 Å². The van der Waals surface area contributed by atoms with E-state index in [4.69, 9.17) is 0 Å². The topological polar surface area (TPSA) is 67.2 Å². The van der Waals surface area contributed by atoms with Crippen LogP contribution in [0.5, 0.6) is 0 Å². The van der Waals surface area contributed by atoms with Crippen LogP contribution in [0.2, 0.25) is 0 Å². The Morgan fingerprint density at radius 1 is 1.30 bits per heavy atom. The summed E-state index contributed by atoms with van der Waals surface area (Å²) in [6, 6.07) is 5.39. The molecule has 0 aliphatic carbocycles. The van der Waals surface area contributed by atoms with Gasteiger partial charge in [-0.25, -0.2) is 4.98 Å².